The quantitative estimate of drug-likeness (QED) is 0.788. The highest BCUT2D eigenvalue weighted by molar-refractivity contribution is 6.31. The van der Waals surface area contributed by atoms with Gasteiger partial charge in [-0.2, -0.15) is 5.10 Å². The minimum Gasteiger partial charge on any atom is -0.495 e. The molecule has 1 amide bonds. The number of methoxy groups -OCH3 is 1. The van der Waals surface area contributed by atoms with Gasteiger partial charge in [0.25, 0.3) is 0 Å². The minimum absolute atomic E-state index is 0.0263. The number of carbonyl (C=O) groups is 2. The van der Waals surface area contributed by atoms with Crippen molar-refractivity contribution in [2.75, 3.05) is 12.4 Å². The van der Waals surface area contributed by atoms with Crippen molar-refractivity contribution in [3.05, 3.63) is 40.2 Å². The molecule has 0 radical (unpaired) electrons. The summed E-state index contributed by atoms with van der Waals surface area (Å²) in [5.41, 5.74) is 2.58. The molecular formula is C18H22ClN3O3. The molecule has 0 saturated carbocycles. The predicted octanol–water partition coefficient (Wildman–Crippen LogP) is 3.95. The SMILES string of the molecule is COc1ccc(Cl)cc1NC(=O)C[C@H](C)n1nc(C)c(C(C)=O)c1C. The van der Waals surface area contributed by atoms with Crippen LogP contribution in [-0.2, 0) is 4.79 Å². The number of aryl methyl sites for hydroxylation is 1. The van der Waals surface area contributed by atoms with E-state index in [0.29, 0.717) is 27.7 Å². The first-order valence-electron chi connectivity index (χ1n) is 7.94. The molecule has 0 saturated heterocycles. The lowest BCUT2D eigenvalue weighted by atomic mass is 10.1. The van der Waals surface area contributed by atoms with Gasteiger partial charge in [0.05, 0.1) is 30.1 Å². The zero-order chi connectivity index (χ0) is 18.7. The number of rotatable bonds is 6. The number of aromatic nitrogens is 2. The maximum atomic E-state index is 12.4. The summed E-state index contributed by atoms with van der Waals surface area (Å²) in [7, 11) is 1.53. The van der Waals surface area contributed by atoms with Crippen LogP contribution in [0.1, 0.15) is 48.1 Å². The van der Waals surface area contributed by atoms with Gasteiger partial charge in [-0.15, -0.1) is 0 Å². The standard InChI is InChI=1S/C18H22ClN3O3/c1-10(22-12(3)18(13(4)23)11(2)21-22)8-17(24)20-15-9-14(19)6-7-16(15)25-5/h6-7,9-10H,8H2,1-5H3,(H,20,24)/t10-/m0/s1. The molecule has 6 nitrogen and oxygen atoms in total. The molecule has 0 fully saturated rings. The van der Waals surface area contributed by atoms with Crippen LogP contribution in [0.3, 0.4) is 0 Å². The van der Waals surface area contributed by atoms with Crippen molar-refractivity contribution in [1.82, 2.24) is 9.78 Å². The largest absolute Gasteiger partial charge is 0.495 e. The van der Waals surface area contributed by atoms with Crippen molar-refractivity contribution in [3.8, 4) is 5.75 Å². The van der Waals surface area contributed by atoms with Crippen molar-refractivity contribution in [2.45, 2.75) is 40.2 Å². The summed E-state index contributed by atoms with van der Waals surface area (Å²) < 4.78 is 6.95. The molecule has 1 heterocycles. The normalized spacial score (nSPS) is 11.9. The predicted molar refractivity (Wildman–Crippen MR) is 97.7 cm³/mol. The zero-order valence-corrected chi connectivity index (χ0v) is 15.8. The summed E-state index contributed by atoms with van der Waals surface area (Å²) in [5.74, 6) is 0.321. The van der Waals surface area contributed by atoms with Crippen molar-refractivity contribution >= 4 is 29.0 Å². The molecule has 0 aliphatic rings. The molecule has 0 spiro atoms. The van der Waals surface area contributed by atoms with Crippen LogP contribution in [0.15, 0.2) is 18.2 Å². The second-order valence-corrected chi connectivity index (χ2v) is 6.43. The first-order chi connectivity index (χ1) is 11.7. The molecular weight excluding hydrogens is 342 g/mol. The van der Waals surface area contributed by atoms with E-state index in [-0.39, 0.29) is 24.2 Å². The van der Waals surface area contributed by atoms with Crippen molar-refractivity contribution in [2.24, 2.45) is 0 Å². The molecule has 0 unspecified atom stereocenters. The number of ketones is 1. The molecule has 2 rings (SSSR count). The number of hydrogen-bond acceptors (Lipinski definition) is 4. The van der Waals surface area contributed by atoms with E-state index in [2.05, 4.69) is 10.4 Å². The Kier molecular flexibility index (Phi) is 5.85. The number of amides is 1. The van der Waals surface area contributed by atoms with E-state index in [1.807, 2.05) is 13.8 Å². The number of nitrogens with one attached hydrogen (secondary N) is 1. The summed E-state index contributed by atoms with van der Waals surface area (Å²) in [4.78, 5) is 24.1. The lowest BCUT2D eigenvalue weighted by molar-refractivity contribution is -0.116. The third-order valence-electron chi connectivity index (χ3n) is 4.01. The average molecular weight is 364 g/mol. The number of Topliss-reactive ketones (excluding diaryl/α,β-unsaturated/α-hetero) is 1. The van der Waals surface area contributed by atoms with E-state index in [4.69, 9.17) is 16.3 Å². The second kappa shape index (κ2) is 7.70. The summed E-state index contributed by atoms with van der Waals surface area (Å²) in [6, 6.07) is 4.83. The third-order valence-corrected chi connectivity index (χ3v) is 4.25. The van der Waals surface area contributed by atoms with Crippen LogP contribution in [0.2, 0.25) is 5.02 Å². The van der Waals surface area contributed by atoms with Crippen molar-refractivity contribution in [3.63, 3.8) is 0 Å². The molecule has 2 aromatic rings. The number of nitrogens with zero attached hydrogens (tertiary/aromatic N) is 2. The van der Waals surface area contributed by atoms with Crippen LogP contribution >= 0.6 is 11.6 Å². The Bertz CT molecular complexity index is 814. The second-order valence-electron chi connectivity index (χ2n) is 5.99. The molecule has 0 aliphatic heterocycles. The maximum Gasteiger partial charge on any atom is 0.226 e. The molecule has 0 bridgehead atoms. The fourth-order valence-corrected chi connectivity index (χ4v) is 3.11. The number of ether oxygens (including phenoxy) is 1. The van der Waals surface area contributed by atoms with Crippen molar-refractivity contribution < 1.29 is 14.3 Å². The van der Waals surface area contributed by atoms with E-state index in [1.54, 1.807) is 29.8 Å². The van der Waals surface area contributed by atoms with E-state index >= 15 is 0 Å². The van der Waals surface area contributed by atoms with Gasteiger partial charge in [0.15, 0.2) is 5.78 Å². The number of halogens is 1. The van der Waals surface area contributed by atoms with Gasteiger partial charge in [-0.3, -0.25) is 14.3 Å². The maximum absolute atomic E-state index is 12.4. The first kappa shape index (κ1) is 19.0. The summed E-state index contributed by atoms with van der Waals surface area (Å²) in [6.07, 6.45) is 0.203. The summed E-state index contributed by atoms with van der Waals surface area (Å²) in [5, 5.41) is 7.73. The van der Waals surface area contributed by atoms with E-state index in [9.17, 15) is 9.59 Å². The first-order valence-corrected chi connectivity index (χ1v) is 8.32. The van der Waals surface area contributed by atoms with Gasteiger partial charge in [0.1, 0.15) is 5.75 Å². The average Bonchev–Trinajstić information content (AvgIpc) is 2.82. The highest BCUT2D eigenvalue weighted by Gasteiger charge is 2.20. The summed E-state index contributed by atoms with van der Waals surface area (Å²) in [6.45, 7) is 7.04. The van der Waals surface area contributed by atoms with Crippen LogP contribution in [0.25, 0.3) is 0 Å². The molecule has 1 aromatic carbocycles. The Morgan fingerprint density at radius 2 is 2.04 bits per heavy atom. The Morgan fingerprint density at radius 3 is 2.60 bits per heavy atom. The van der Waals surface area contributed by atoms with E-state index < -0.39 is 0 Å². The molecule has 7 heteroatoms. The Labute approximate surface area is 152 Å². The number of benzene rings is 1. The molecule has 0 aliphatic carbocycles. The van der Waals surface area contributed by atoms with Gasteiger partial charge in [-0.1, -0.05) is 11.6 Å². The monoisotopic (exact) mass is 363 g/mol. The Morgan fingerprint density at radius 1 is 1.36 bits per heavy atom. The van der Waals surface area contributed by atoms with Crippen LogP contribution < -0.4 is 10.1 Å². The lowest BCUT2D eigenvalue weighted by Gasteiger charge is -2.15. The van der Waals surface area contributed by atoms with Gasteiger partial charge in [0.2, 0.25) is 5.91 Å². The number of anilines is 1. The van der Waals surface area contributed by atoms with Crippen LogP contribution in [-0.4, -0.2) is 28.6 Å². The Hall–Kier alpha value is -2.34. The summed E-state index contributed by atoms with van der Waals surface area (Å²) >= 11 is 5.98. The third kappa shape index (κ3) is 4.20. The van der Waals surface area contributed by atoms with Gasteiger partial charge in [-0.25, -0.2) is 0 Å². The van der Waals surface area contributed by atoms with Crippen molar-refractivity contribution in [1.29, 1.82) is 0 Å². The Balaban J connectivity index is 2.15. The molecule has 134 valence electrons. The van der Waals surface area contributed by atoms with Gasteiger partial charge >= 0.3 is 0 Å². The van der Waals surface area contributed by atoms with E-state index in [1.165, 1.54) is 14.0 Å². The highest BCUT2D eigenvalue weighted by atomic mass is 35.5. The fraction of sp³-hybridized carbons (Fsp3) is 0.389. The van der Waals surface area contributed by atoms with Crippen LogP contribution in [0.4, 0.5) is 5.69 Å². The molecule has 1 N–H and O–H groups in total. The number of carbonyl (C=O) groups excluding carboxylic acids is 2. The highest BCUT2D eigenvalue weighted by Crippen LogP contribution is 2.28. The van der Waals surface area contributed by atoms with Crippen LogP contribution in [0, 0.1) is 13.8 Å². The fourth-order valence-electron chi connectivity index (χ4n) is 2.94. The zero-order valence-electron chi connectivity index (χ0n) is 15.0. The molecule has 1 atom stereocenters. The topological polar surface area (TPSA) is 73.2 Å². The number of hydrogen-bond donors (Lipinski definition) is 1. The molecule has 1 aromatic heterocycles. The van der Waals surface area contributed by atoms with Crippen LogP contribution in [0.5, 0.6) is 5.75 Å². The van der Waals surface area contributed by atoms with Gasteiger partial charge in [0, 0.05) is 17.1 Å². The van der Waals surface area contributed by atoms with Gasteiger partial charge in [-0.05, 0) is 45.9 Å². The minimum atomic E-state index is -0.197. The van der Waals surface area contributed by atoms with Gasteiger partial charge < -0.3 is 10.1 Å². The molecule has 25 heavy (non-hydrogen) atoms. The smallest absolute Gasteiger partial charge is 0.226 e. The van der Waals surface area contributed by atoms with E-state index in [0.717, 1.165) is 5.69 Å². The lowest BCUT2D eigenvalue weighted by Crippen LogP contribution is -2.19.